The third-order valence-corrected chi connectivity index (χ3v) is 10.0. The summed E-state index contributed by atoms with van der Waals surface area (Å²) in [7, 11) is -2.00. The second kappa shape index (κ2) is 7.23. The molecular weight excluding hydrogens is 252 g/mol. The van der Waals surface area contributed by atoms with Crippen LogP contribution in [0.2, 0.25) is 11.1 Å². The Morgan fingerprint density at radius 3 is 1.95 bits per heavy atom. The second-order valence-electron chi connectivity index (χ2n) is 6.54. The monoisotopic (exact) mass is 284 g/mol. The maximum Gasteiger partial charge on any atom is 0.344 e. The van der Waals surface area contributed by atoms with Gasteiger partial charge in [-0.1, -0.05) is 32.6 Å². The summed E-state index contributed by atoms with van der Waals surface area (Å²) < 4.78 is 12.9. The normalized spacial score (nSPS) is 29.8. The van der Waals surface area contributed by atoms with Crippen LogP contribution in [-0.4, -0.2) is 21.8 Å². The van der Waals surface area contributed by atoms with Crippen molar-refractivity contribution in [3.8, 4) is 0 Å². The van der Waals surface area contributed by atoms with Gasteiger partial charge in [0.15, 0.2) is 0 Å². The Morgan fingerprint density at radius 2 is 1.47 bits per heavy atom. The van der Waals surface area contributed by atoms with Crippen molar-refractivity contribution in [3.63, 3.8) is 0 Å². The van der Waals surface area contributed by atoms with Crippen molar-refractivity contribution in [1.29, 1.82) is 0 Å². The molecule has 0 aromatic carbocycles. The minimum atomic E-state index is -2.00. The van der Waals surface area contributed by atoms with Crippen molar-refractivity contribution in [2.75, 3.05) is 13.2 Å². The first-order valence-corrected chi connectivity index (χ1v) is 10.5. The van der Waals surface area contributed by atoms with Gasteiger partial charge in [0.2, 0.25) is 0 Å². The summed E-state index contributed by atoms with van der Waals surface area (Å²) in [4.78, 5) is 0. The summed E-state index contributed by atoms with van der Waals surface area (Å²) in [5.41, 5.74) is 1.52. The van der Waals surface area contributed by atoms with E-state index in [0.29, 0.717) is 0 Å². The predicted molar refractivity (Wildman–Crippen MR) is 82.6 cm³/mol. The van der Waals surface area contributed by atoms with E-state index in [-0.39, 0.29) is 0 Å². The molecule has 0 radical (unpaired) electrons. The molecule has 0 spiro atoms. The van der Waals surface area contributed by atoms with Crippen LogP contribution in [0.4, 0.5) is 0 Å². The van der Waals surface area contributed by atoms with Crippen molar-refractivity contribution in [3.05, 3.63) is 0 Å². The maximum absolute atomic E-state index is 6.46. The van der Waals surface area contributed by atoms with E-state index in [1.165, 1.54) is 51.4 Å². The first-order valence-electron chi connectivity index (χ1n) is 8.50. The molecule has 2 aliphatic carbocycles. The molecule has 2 fully saturated rings. The molecule has 0 saturated heterocycles. The average molecular weight is 285 g/mol. The molecule has 0 aromatic heterocycles. The van der Waals surface area contributed by atoms with Gasteiger partial charge in [0, 0.05) is 24.3 Å². The van der Waals surface area contributed by atoms with Crippen LogP contribution in [0.25, 0.3) is 0 Å². The quantitative estimate of drug-likeness (QED) is 0.637. The van der Waals surface area contributed by atoms with E-state index >= 15 is 0 Å². The van der Waals surface area contributed by atoms with Crippen molar-refractivity contribution in [1.82, 2.24) is 0 Å². The number of rotatable bonds is 6. The third-order valence-electron chi connectivity index (χ3n) is 5.18. The highest BCUT2D eigenvalue weighted by Crippen LogP contribution is 2.51. The van der Waals surface area contributed by atoms with Gasteiger partial charge in [-0.05, 0) is 45.4 Å². The van der Waals surface area contributed by atoms with E-state index in [1.54, 1.807) is 0 Å². The van der Waals surface area contributed by atoms with Gasteiger partial charge < -0.3 is 8.85 Å². The molecule has 2 saturated carbocycles. The van der Waals surface area contributed by atoms with Crippen LogP contribution in [0, 0.1) is 5.92 Å². The lowest BCUT2D eigenvalue weighted by Crippen LogP contribution is -2.51. The molecule has 2 unspecified atom stereocenters. The fraction of sp³-hybridized carbons (Fsp3) is 1.00. The van der Waals surface area contributed by atoms with Crippen LogP contribution in [0.1, 0.15) is 72.1 Å². The Kier molecular flexibility index (Phi) is 5.91. The van der Waals surface area contributed by atoms with E-state index in [1.807, 2.05) is 0 Å². The van der Waals surface area contributed by atoms with Crippen molar-refractivity contribution in [2.24, 2.45) is 5.92 Å². The van der Waals surface area contributed by atoms with E-state index in [2.05, 4.69) is 20.8 Å². The molecule has 2 nitrogen and oxygen atoms in total. The standard InChI is InChI=1S/C16H32O2Si/c1-4-17-19(18-5-2,15-9-7-6-8-10-15)16-12-11-14(3)13-16/h14-16H,4-13H2,1-3H3. The zero-order valence-electron chi connectivity index (χ0n) is 13.1. The minimum Gasteiger partial charge on any atom is -0.394 e. The van der Waals surface area contributed by atoms with Gasteiger partial charge in [-0.25, -0.2) is 0 Å². The Morgan fingerprint density at radius 1 is 0.842 bits per heavy atom. The minimum absolute atomic E-state index is 0.755. The Labute approximate surface area is 120 Å². The van der Waals surface area contributed by atoms with E-state index in [9.17, 15) is 0 Å². The maximum atomic E-state index is 6.46. The van der Waals surface area contributed by atoms with Gasteiger partial charge in [0.1, 0.15) is 0 Å². The summed E-state index contributed by atoms with van der Waals surface area (Å²) in [6.07, 6.45) is 11.0. The predicted octanol–water partition coefficient (Wildman–Crippen LogP) is 5.03. The molecule has 2 aliphatic rings. The van der Waals surface area contributed by atoms with Crippen LogP contribution in [0.3, 0.4) is 0 Å². The van der Waals surface area contributed by atoms with E-state index < -0.39 is 8.56 Å². The van der Waals surface area contributed by atoms with E-state index in [4.69, 9.17) is 8.85 Å². The molecule has 0 amide bonds. The molecule has 0 bridgehead atoms. The summed E-state index contributed by atoms with van der Waals surface area (Å²) >= 11 is 0. The third kappa shape index (κ3) is 3.42. The molecular formula is C16H32O2Si. The fourth-order valence-corrected chi connectivity index (χ4v) is 9.48. The number of hydrogen-bond acceptors (Lipinski definition) is 2. The zero-order valence-corrected chi connectivity index (χ0v) is 14.1. The Hall–Kier alpha value is 0.137. The largest absolute Gasteiger partial charge is 0.394 e. The Balaban J connectivity index is 2.17. The van der Waals surface area contributed by atoms with Crippen LogP contribution >= 0.6 is 0 Å². The van der Waals surface area contributed by atoms with Crippen LogP contribution in [0.15, 0.2) is 0 Å². The lowest BCUT2D eigenvalue weighted by atomic mass is 10.0. The van der Waals surface area contributed by atoms with Crippen LogP contribution in [-0.2, 0) is 8.85 Å². The topological polar surface area (TPSA) is 18.5 Å². The fourth-order valence-electron chi connectivity index (χ4n) is 4.38. The molecule has 2 rings (SSSR count). The second-order valence-corrected chi connectivity index (χ2v) is 10.2. The van der Waals surface area contributed by atoms with Crippen LogP contribution < -0.4 is 0 Å². The Bertz CT molecular complexity index is 251. The highest BCUT2D eigenvalue weighted by atomic mass is 28.4. The smallest absolute Gasteiger partial charge is 0.344 e. The SMILES string of the molecule is CCO[Si](OCC)(C1CCCCC1)C1CCC(C)C1. The lowest BCUT2D eigenvalue weighted by Gasteiger charge is -2.42. The molecule has 0 aromatic rings. The summed E-state index contributed by atoms with van der Waals surface area (Å²) in [5.74, 6) is 0.876. The summed E-state index contributed by atoms with van der Waals surface area (Å²) in [6, 6.07) is 0. The van der Waals surface area contributed by atoms with Gasteiger partial charge in [-0.15, -0.1) is 0 Å². The lowest BCUT2D eigenvalue weighted by molar-refractivity contribution is 0.153. The first kappa shape index (κ1) is 15.5. The van der Waals surface area contributed by atoms with Gasteiger partial charge in [0.25, 0.3) is 0 Å². The number of hydrogen-bond donors (Lipinski definition) is 0. The van der Waals surface area contributed by atoms with Crippen molar-refractivity contribution < 1.29 is 8.85 Å². The molecule has 0 N–H and O–H groups in total. The summed E-state index contributed by atoms with van der Waals surface area (Å²) in [5, 5.41) is 0. The van der Waals surface area contributed by atoms with Crippen molar-refractivity contribution >= 4 is 8.56 Å². The van der Waals surface area contributed by atoms with Gasteiger partial charge in [-0.2, -0.15) is 0 Å². The first-order chi connectivity index (χ1) is 9.23. The molecule has 19 heavy (non-hydrogen) atoms. The van der Waals surface area contributed by atoms with E-state index in [0.717, 1.165) is 30.2 Å². The molecule has 2 atom stereocenters. The molecule has 3 heteroatoms. The highest BCUT2D eigenvalue weighted by molar-refractivity contribution is 6.70. The van der Waals surface area contributed by atoms with Crippen LogP contribution in [0.5, 0.6) is 0 Å². The van der Waals surface area contributed by atoms with Gasteiger partial charge >= 0.3 is 8.56 Å². The highest BCUT2D eigenvalue weighted by Gasteiger charge is 2.53. The summed E-state index contributed by atoms with van der Waals surface area (Å²) in [6.45, 7) is 8.39. The average Bonchev–Trinajstić information content (AvgIpc) is 2.86. The zero-order chi connectivity index (χ0) is 13.7. The van der Waals surface area contributed by atoms with Gasteiger partial charge in [-0.3, -0.25) is 0 Å². The molecule has 0 aliphatic heterocycles. The molecule has 0 heterocycles. The molecule has 112 valence electrons. The van der Waals surface area contributed by atoms with Gasteiger partial charge in [0.05, 0.1) is 0 Å². The van der Waals surface area contributed by atoms with Crippen molar-refractivity contribution in [2.45, 2.75) is 83.2 Å².